The highest BCUT2D eigenvalue weighted by Gasteiger charge is 2.36. The number of aryl methyl sites for hydroxylation is 1. The summed E-state index contributed by atoms with van der Waals surface area (Å²) in [5, 5.41) is 18.6. The second kappa shape index (κ2) is 7.00. The standard InChI is InChI=1S/C20H21N3O3/c1-14-8-9-15-6-3-4-7-16(15)18(14)22-17(24)10-11-20(2,19(25)26)23-13-5-12-21-23/h3-9,12-13H,10-11H2,1-2H3,(H,22,24)(H,25,26). The predicted molar refractivity (Wildman–Crippen MR) is 100 cm³/mol. The molecule has 3 rings (SSSR count). The van der Waals surface area contributed by atoms with Crippen molar-refractivity contribution in [1.29, 1.82) is 0 Å². The first kappa shape index (κ1) is 17.7. The lowest BCUT2D eigenvalue weighted by Crippen LogP contribution is -2.40. The first-order valence-electron chi connectivity index (χ1n) is 8.43. The third kappa shape index (κ3) is 3.31. The second-order valence-corrected chi connectivity index (χ2v) is 6.56. The van der Waals surface area contributed by atoms with Gasteiger partial charge in [-0.2, -0.15) is 5.10 Å². The van der Waals surface area contributed by atoms with Crippen LogP contribution in [0.5, 0.6) is 0 Å². The molecular formula is C20H21N3O3. The van der Waals surface area contributed by atoms with Crippen molar-refractivity contribution in [3.05, 3.63) is 60.4 Å². The van der Waals surface area contributed by atoms with E-state index >= 15 is 0 Å². The molecule has 1 atom stereocenters. The minimum atomic E-state index is -1.27. The molecule has 0 saturated heterocycles. The van der Waals surface area contributed by atoms with E-state index in [2.05, 4.69) is 10.4 Å². The summed E-state index contributed by atoms with van der Waals surface area (Å²) in [7, 11) is 0. The van der Waals surface area contributed by atoms with Gasteiger partial charge >= 0.3 is 5.97 Å². The monoisotopic (exact) mass is 351 g/mol. The molecule has 0 bridgehead atoms. The van der Waals surface area contributed by atoms with Crippen LogP contribution in [0.1, 0.15) is 25.3 Å². The molecule has 0 aliphatic carbocycles. The molecule has 0 saturated carbocycles. The normalized spacial score (nSPS) is 13.3. The van der Waals surface area contributed by atoms with Gasteiger partial charge in [0.05, 0.1) is 5.69 Å². The lowest BCUT2D eigenvalue weighted by Gasteiger charge is -2.25. The van der Waals surface area contributed by atoms with Crippen molar-refractivity contribution in [2.24, 2.45) is 0 Å². The number of rotatable bonds is 6. The van der Waals surface area contributed by atoms with Crippen LogP contribution in [0.4, 0.5) is 5.69 Å². The Morgan fingerprint density at radius 2 is 1.96 bits per heavy atom. The number of nitrogens with zero attached hydrogens (tertiary/aromatic N) is 2. The molecular weight excluding hydrogens is 330 g/mol. The maximum atomic E-state index is 12.5. The Hall–Kier alpha value is -3.15. The Balaban J connectivity index is 1.78. The minimum absolute atomic E-state index is 0.0747. The van der Waals surface area contributed by atoms with Crippen molar-refractivity contribution < 1.29 is 14.7 Å². The van der Waals surface area contributed by atoms with E-state index in [1.54, 1.807) is 19.2 Å². The highest BCUT2D eigenvalue weighted by molar-refractivity contribution is 6.03. The fraction of sp³-hybridized carbons (Fsp3) is 0.250. The number of carboxylic acids is 1. The van der Waals surface area contributed by atoms with E-state index in [0.29, 0.717) is 0 Å². The smallest absolute Gasteiger partial charge is 0.331 e. The molecule has 0 spiro atoms. The molecule has 1 unspecified atom stereocenters. The molecule has 1 aromatic heterocycles. The SMILES string of the molecule is Cc1ccc2ccccc2c1NC(=O)CCC(C)(C(=O)O)n1cccn1. The molecule has 0 aliphatic rings. The summed E-state index contributed by atoms with van der Waals surface area (Å²) in [6.07, 6.45) is 3.34. The quantitative estimate of drug-likeness (QED) is 0.711. The number of benzene rings is 2. The summed E-state index contributed by atoms with van der Waals surface area (Å²) in [5.41, 5.74) is 0.462. The number of amides is 1. The van der Waals surface area contributed by atoms with Crippen molar-refractivity contribution in [2.75, 3.05) is 5.32 Å². The van der Waals surface area contributed by atoms with Gasteiger partial charge < -0.3 is 10.4 Å². The van der Waals surface area contributed by atoms with Crippen LogP contribution in [0.15, 0.2) is 54.9 Å². The number of carboxylic acid groups (broad SMARTS) is 1. The van der Waals surface area contributed by atoms with Crippen LogP contribution >= 0.6 is 0 Å². The van der Waals surface area contributed by atoms with Crippen LogP contribution in [0.2, 0.25) is 0 Å². The van der Waals surface area contributed by atoms with E-state index in [0.717, 1.165) is 22.0 Å². The van der Waals surface area contributed by atoms with E-state index in [-0.39, 0.29) is 18.7 Å². The number of aliphatic carboxylic acids is 1. The maximum absolute atomic E-state index is 12.5. The number of aromatic nitrogens is 2. The van der Waals surface area contributed by atoms with Gasteiger partial charge in [-0.3, -0.25) is 9.48 Å². The summed E-state index contributed by atoms with van der Waals surface area (Å²) in [6, 6.07) is 13.5. The highest BCUT2D eigenvalue weighted by atomic mass is 16.4. The number of fused-ring (bicyclic) bond motifs is 1. The zero-order chi connectivity index (χ0) is 18.7. The molecule has 134 valence electrons. The van der Waals surface area contributed by atoms with Gasteiger partial charge in [-0.15, -0.1) is 0 Å². The third-order valence-corrected chi connectivity index (χ3v) is 4.71. The summed E-state index contributed by atoms with van der Waals surface area (Å²) in [6.45, 7) is 3.51. The van der Waals surface area contributed by atoms with Crippen LogP contribution in [-0.4, -0.2) is 26.8 Å². The lowest BCUT2D eigenvalue weighted by atomic mass is 9.95. The molecule has 0 radical (unpaired) electrons. The van der Waals surface area contributed by atoms with Gasteiger partial charge in [0.2, 0.25) is 5.91 Å². The van der Waals surface area contributed by atoms with E-state index in [1.165, 1.54) is 10.9 Å². The topological polar surface area (TPSA) is 84.2 Å². The third-order valence-electron chi connectivity index (χ3n) is 4.71. The highest BCUT2D eigenvalue weighted by Crippen LogP contribution is 2.28. The largest absolute Gasteiger partial charge is 0.479 e. The molecule has 6 heteroatoms. The zero-order valence-corrected chi connectivity index (χ0v) is 14.8. The molecule has 3 aromatic rings. The van der Waals surface area contributed by atoms with Gasteiger partial charge in [0, 0.05) is 24.2 Å². The maximum Gasteiger partial charge on any atom is 0.331 e. The fourth-order valence-electron chi connectivity index (χ4n) is 2.99. The fourth-order valence-corrected chi connectivity index (χ4v) is 2.99. The van der Waals surface area contributed by atoms with Crippen molar-refractivity contribution >= 4 is 28.3 Å². The zero-order valence-electron chi connectivity index (χ0n) is 14.8. The van der Waals surface area contributed by atoms with Gasteiger partial charge in [0.25, 0.3) is 0 Å². The Labute approximate surface area is 151 Å². The van der Waals surface area contributed by atoms with E-state index in [9.17, 15) is 14.7 Å². The lowest BCUT2D eigenvalue weighted by molar-refractivity contribution is -0.147. The summed E-state index contributed by atoms with van der Waals surface area (Å²) in [4.78, 5) is 24.2. The molecule has 2 N–H and O–H groups in total. The molecule has 26 heavy (non-hydrogen) atoms. The number of nitrogens with one attached hydrogen (secondary N) is 1. The van der Waals surface area contributed by atoms with Gasteiger partial charge in [0.15, 0.2) is 5.54 Å². The summed E-state index contributed by atoms with van der Waals surface area (Å²) in [5.74, 6) is -1.24. The van der Waals surface area contributed by atoms with Crippen LogP contribution in [0.3, 0.4) is 0 Å². The van der Waals surface area contributed by atoms with Crippen molar-refractivity contribution in [3.8, 4) is 0 Å². The molecule has 2 aromatic carbocycles. The number of carbonyl (C=O) groups is 2. The number of hydrogen-bond donors (Lipinski definition) is 2. The average molecular weight is 351 g/mol. The summed E-state index contributed by atoms with van der Waals surface area (Å²) < 4.78 is 1.38. The average Bonchev–Trinajstić information content (AvgIpc) is 3.17. The molecule has 0 fully saturated rings. The predicted octanol–water partition coefficient (Wildman–Crippen LogP) is 3.56. The number of anilines is 1. The first-order chi connectivity index (χ1) is 12.4. The Morgan fingerprint density at radius 3 is 2.65 bits per heavy atom. The van der Waals surface area contributed by atoms with E-state index in [4.69, 9.17) is 0 Å². The number of hydrogen-bond acceptors (Lipinski definition) is 3. The Kier molecular flexibility index (Phi) is 4.75. The van der Waals surface area contributed by atoms with Crippen molar-refractivity contribution in [3.63, 3.8) is 0 Å². The van der Waals surface area contributed by atoms with Crippen molar-refractivity contribution in [1.82, 2.24) is 9.78 Å². The Bertz CT molecular complexity index is 950. The van der Waals surface area contributed by atoms with Gasteiger partial charge in [0.1, 0.15) is 0 Å². The molecule has 6 nitrogen and oxygen atoms in total. The molecule has 0 aliphatic heterocycles. The molecule has 1 heterocycles. The van der Waals surface area contributed by atoms with Gasteiger partial charge in [-0.1, -0.05) is 36.4 Å². The first-order valence-corrected chi connectivity index (χ1v) is 8.43. The molecule has 1 amide bonds. The van der Waals surface area contributed by atoms with Crippen molar-refractivity contribution in [2.45, 2.75) is 32.2 Å². The second-order valence-electron chi connectivity index (χ2n) is 6.56. The van der Waals surface area contributed by atoms with Crippen LogP contribution in [0.25, 0.3) is 10.8 Å². The van der Waals surface area contributed by atoms with Crippen LogP contribution < -0.4 is 5.32 Å². The summed E-state index contributed by atoms with van der Waals surface area (Å²) >= 11 is 0. The van der Waals surface area contributed by atoms with Gasteiger partial charge in [-0.25, -0.2) is 4.79 Å². The Morgan fingerprint density at radius 1 is 1.19 bits per heavy atom. The van der Waals surface area contributed by atoms with Gasteiger partial charge in [-0.05, 0) is 37.3 Å². The van der Waals surface area contributed by atoms with Crippen LogP contribution in [-0.2, 0) is 15.1 Å². The number of carbonyl (C=O) groups excluding carboxylic acids is 1. The van der Waals surface area contributed by atoms with E-state index in [1.807, 2.05) is 43.3 Å². The minimum Gasteiger partial charge on any atom is -0.479 e. The van der Waals surface area contributed by atoms with Crippen LogP contribution in [0, 0.1) is 6.92 Å². The van der Waals surface area contributed by atoms with E-state index < -0.39 is 11.5 Å².